The molecule has 0 unspecified atom stereocenters. The summed E-state index contributed by atoms with van der Waals surface area (Å²) in [6.07, 6.45) is 6.93. The van der Waals surface area contributed by atoms with Crippen molar-refractivity contribution in [1.82, 2.24) is 14.8 Å². The van der Waals surface area contributed by atoms with Gasteiger partial charge in [-0.05, 0) is 18.2 Å². The predicted molar refractivity (Wildman–Crippen MR) is 60.2 cm³/mol. The van der Waals surface area contributed by atoms with Crippen molar-refractivity contribution in [1.29, 1.82) is 0 Å². The van der Waals surface area contributed by atoms with E-state index >= 15 is 0 Å². The molecule has 0 atom stereocenters. The van der Waals surface area contributed by atoms with Crippen LogP contribution in [-0.2, 0) is 13.2 Å². The van der Waals surface area contributed by atoms with Gasteiger partial charge in [-0.2, -0.15) is 5.10 Å². The highest BCUT2D eigenvalue weighted by Gasteiger charge is 2.08. The summed E-state index contributed by atoms with van der Waals surface area (Å²) in [6, 6.07) is 7.39. The van der Waals surface area contributed by atoms with Crippen molar-refractivity contribution >= 4 is 0 Å². The third-order valence-electron chi connectivity index (χ3n) is 2.19. The Morgan fingerprint density at radius 1 is 1.38 bits per heavy atom. The number of aliphatic hydroxyl groups is 1. The second-order valence-electron chi connectivity index (χ2n) is 3.26. The zero-order valence-electron chi connectivity index (χ0n) is 8.67. The van der Waals surface area contributed by atoms with Crippen LogP contribution in [0.4, 0.5) is 0 Å². The molecule has 0 fully saturated rings. The Bertz CT molecular complexity index is 511. The number of hydrogen-bond acceptors (Lipinski definition) is 3. The van der Waals surface area contributed by atoms with Crippen molar-refractivity contribution in [3.63, 3.8) is 0 Å². The van der Waals surface area contributed by atoms with Crippen LogP contribution in [0.15, 0.2) is 30.5 Å². The summed E-state index contributed by atoms with van der Waals surface area (Å²) < 4.78 is 1.60. The number of aromatic nitrogens is 3. The molecular weight excluding hydrogens is 202 g/mol. The van der Waals surface area contributed by atoms with E-state index in [9.17, 15) is 0 Å². The Hall–Kier alpha value is -2.12. The molecule has 2 aromatic rings. The SMILES string of the molecule is C#CCn1nc(-c2ccccn2)cc1CO. The summed E-state index contributed by atoms with van der Waals surface area (Å²) in [5, 5.41) is 13.4. The lowest BCUT2D eigenvalue weighted by Crippen LogP contribution is -2.03. The molecule has 0 amide bonds. The van der Waals surface area contributed by atoms with E-state index in [1.807, 2.05) is 18.2 Å². The lowest BCUT2D eigenvalue weighted by atomic mass is 10.2. The van der Waals surface area contributed by atoms with Crippen LogP contribution in [0.5, 0.6) is 0 Å². The first kappa shape index (κ1) is 10.4. The van der Waals surface area contributed by atoms with Gasteiger partial charge in [0.05, 0.1) is 18.0 Å². The molecule has 0 saturated heterocycles. The Morgan fingerprint density at radius 2 is 2.25 bits per heavy atom. The highest BCUT2D eigenvalue weighted by molar-refractivity contribution is 5.53. The molecule has 80 valence electrons. The zero-order valence-corrected chi connectivity index (χ0v) is 8.67. The molecule has 0 aliphatic carbocycles. The van der Waals surface area contributed by atoms with Gasteiger partial charge in [0.1, 0.15) is 12.2 Å². The fourth-order valence-electron chi connectivity index (χ4n) is 1.45. The maximum Gasteiger partial charge on any atom is 0.111 e. The van der Waals surface area contributed by atoms with Crippen LogP contribution in [0.1, 0.15) is 5.69 Å². The molecule has 0 aliphatic rings. The molecule has 0 bridgehead atoms. The normalized spacial score (nSPS) is 10.0. The van der Waals surface area contributed by atoms with Crippen LogP contribution < -0.4 is 0 Å². The maximum absolute atomic E-state index is 9.16. The molecule has 0 spiro atoms. The molecule has 1 N–H and O–H groups in total. The Labute approximate surface area is 93.6 Å². The number of aliphatic hydroxyl groups excluding tert-OH is 1. The van der Waals surface area contributed by atoms with E-state index in [4.69, 9.17) is 11.5 Å². The van der Waals surface area contributed by atoms with E-state index in [0.29, 0.717) is 12.2 Å². The Balaban J connectivity index is 2.41. The minimum atomic E-state index is -0.0818. The molecular formula is C12H11N3O. The molecule has 2 rings (SSSR count). The van der Waals surface area contributed by atoms with Gasteiger partial charge in [0.15, 0.2) is 0 Å². The first-order valence-electron chi connectivity index (χ1n) is 4.87. The Kier molecular flexibility index (Phi) is 2.99. The number of rotatable bonds is 3. The quantitative estimate of drug-likeness (QED) is 0.776. The smallest absolute Gasteiger partial charge is 0.111 e. The molecule has 4 heteroatoms. The molecule has 2 heterocycles. The van der Waals surface area contributed by atoms with Gasteiger partial charge in [-0.1, -0.05) is 12.0 Å². The number of nitrogens with zero attached hydrogens (tertiary/aromatic N) is 3. The van der Waals surface area contributed by atoms with Crippen molar-refractivity contribution in [2.75, 3.05) is 0 Å². The molecule has 0 aliphatic heterocycles. The van der Waals surface area contributed by atoms with E-state index in [0.717, 1.165) is 11.4 Å². The van der Waals surface area contributed by atoms with Crippen molar-refractivity contribution in [2.45, 2.75) is 13.2 Å². The van der Waals surface area contributed by atoms with Crippen molar-refractivity contribution in [3.05, 3.63) is 36.2 Å². The molecule has 0 saturated carbocycles. The average molecular weight is 213 g/mol. The lowest BCUT2D eigenvalue weighted by Gasteiger charge is -1.98. The minimum absolute atomic E-state index is 0.0818. The van der Waals surface area contributed by atoms with Crippen LogP contribution >= 0.6 is 0 Å². The van der Waals surface area contributed by atoms with Gasteiger partial charge < -0.3 is 5.11 Å². The van der Waals surface area contributed by atoms with E-state index in [2.05, 4.69) is 16.0 Å². The van der Waals surface area contributed by atoms with E-state index < -0.39 is 0 Å². The van der Waals surface area contributed by atoms with Gasteiger partial charge in [0.25, 0.3) is 0 Å². The van der Waals surface area contributed by atoms with Gasteiger partial charge in [-0.25, -0.2) is 0 Å². The van der Waals surface area contributed by atoms with Gasteiger partial charge >= 0.3 is 0 Å². The van der Waals surface area contributed by atoms with E-state index in [1.54, 1.807) is 16.9 Å². The molecule has 0 aromatic carbocycles. The summed E-state index contributed by atoms with van der Waals surface area (Å²) in [4.78, 5) is 4.19. The summed E-state index contributed by atoms with van der Waals surface area (Å²) in [7, 11) is 0. The number of terminal acetylenes is 1. The molecule has 0 radical (unpaired) electrons. The monoisotopic (exact) mass is 213 g/mol. The summed E-state index contributed by atoms with van der Waals surface area (Å²) >= 11 is 0. The van der Waals surface area contributed by atoms with Crippen LogP contribution in [0, 0.1) is 12.3 Å². The highest BCUT2D eigenvalue weighted by Crippen LogP contribution is 2.16. The fourth-order valence-corrected chi connectivity index (χ4v) is 1.45. The van der Waals surface area contributed by atoms with Crippen molar-refractivity contribution < 1.29 is 5.11 Å². The molecule has 4 nitrogen and oxygen atoms in total. The van der Waals surface area contributed by atoms with Gasteiger partial charge in [-0.15, -0.1) is 6.42 Å². The number of hydrogen-bond donors (Lipinski definition) is 1. The van der Waals surface area contributed by atoms with E-state index in [1.165, 1.54) is 0 Å². The fraction of sp³-hybridized carbons (Fsp3) is 0.167. The second-order valence-corrected chi connectivity index (χ2v) is 3.26. The summed E-state index contributed by atoms with van der Waals surface area (Å²) in [6.45, 7) is 0.268. The third kappa shape index (κ3) is 1.95. The van der Waals surface area contributed by atoms with Gasteiger partial charge in [-0.3, -0.25) is 9.67 Å². The van der Waals surface area contributed by atoms with Crippen LogP contribution in [0.25, 0.3) is 11.4 Å². The average Bonchev–Trinajstić information content (AvgIpc) is 2.74. The zero-order chi connectivity index (χ0) is 11.4. The topological polar surface area (TPSA) is 50.9 Å². The maximum atomic E-state index is 9.16. The second kappa shape index (κ2) is 4.60. The summed E-state index contributed by atoms with van der Waals surface area (Å²) in [5.41, 5.74) is 2.19. The summed E-state index contributed by atoms with van der Waals surface area (Å²) in [5.74, 6) is 2.49. The number of pyridine rings is 1. The lowest BCUT2D eigenvalue weighted by molar-refractivity contribution is 0.269. The van der Waals surface area contributed by atoms with Crippen LogP contribution in [-0.4, -0.2) is 19.9 Å². The molecule has 16 heavy (non-hydrogen) atoms. The van der Waals surface area contributed by atoms with Crippen molar-refractivity contribution in [3.8, 4) is 23.7 Å². The third-order valence-corrected chi connectivity index (χ3v) is 2.19. The first-order valence-corrected chi connectivity index (χ1v) is 4.87. The Morgan fingerprint density at radius 3 is 2.88 bits per heavy atom. The predicted octanol–water partition coefficient (Wildman–Crippen LogP) is 1.07. The van der Waals surface area contributed by atoms with Crippen LogP contribution in [0.3, 0.4) is 0 Å². The largest absolute Gasteiger partial charge is 0.390 e. The first-order chi connectivity index (χ1) is 7.85. The molecule has 2 aromatic heterocycles. The van der Waals surface area contributed by atoms with Crippen molar-refractivity contribution in [2.24, 2.45) is 0 Å². The van der Waals surface area contributed by atoms with E-state index in [-0.39, 0.29) is 6.61 Å². The minimum Gasteiger partial charge on any atom is -0.390 e. The highest BCUT2D eigenvalue weighted by atomic mass is 16.3. The van der Waals surface area contributed by atoms with Crippen LogP contribution in [0.2, 0.25) is 0 Å². The van der Waals surface area contributed by atoms with Gasteiger partial charge in [0, 0.05) is 6.20 Å². The van der Waals surface area contributed by atoms with Gasteiger partial charge in [0.2, 0.25) is 0 Å². The standard InChI is InChI=1S/C12H11N3O/c1-2-7-15-10(9-16)8-12(14-15)11-5-3-4-6-13-11/h1,3-6,8,16H,7,9H2.